The Bertz CT molecular complexity index is 70.0. The van der Waals surface area contributed by atoms with Crippen molar-refractivity contribution >= 4 is 0 Å². The van der Waals surface area contributed by atoms with E-state index in [1.807, 2.05) is 6.92 Å². The van der Waals surface area contributed by atoms with Gasteiger partial charge in [0.2, 0.25) is 0 Å². The molecular weight excluding hydrogens is 130 g/mol. The zero-order chi connectivity index (χ0) is 7.98. The van der Waals surface area contributed by atoms with Crippen LogP contribution in [0.25, 0.3) is 0 Å². The minimum atomic E-state index is -0.347. The van der Waals surface area contributed by atoms with Crippen molar-refractivity contribution in [2.45, 2.75) is 26.0 Å². The van der Waals surface area contributed by atoms with Gasteiger partial charge in [-0.15, -0.1) is 0 Å². The van der Waals surface area contributed by atoms with Gasteiger partial charge in [-0.1, -0.05) is 6.92 Å². The molecule has 0 rings (SSSR count). The molecule has 0 aliphatic rings. The number of aliphatic hydroxyl groups excluding tert-OH is 1. The van der Waals surface area contributed by atoms with Gasteiger partial charge in [-0.2, -0.15) is 0 Å². The van der Waals surface area contributed by atoms with E-state index in [-0.39, 0.29) is 12.1 Å². The Labute approximate surface area is 62.4 Å². The molecule has 0 amide bonds. The van der Waals surface area contributed by atoms with Gasteiger partial charge in [-0.25, -0.2) is 0 Å². The van der Waals surface area contributed by atoms with E-state index in [0.717, 1.165) is 6.54 Å². The van der Waals surface area contributed by atoms with Gasteiger partial charge in [0.15, 0.2) is 0 Å². The maximum Gasteiger partial charge on any atom is 0.0687 e. The Morgan fingerprint density at radius 3 is 2.50 bits per heavy atom. The van der Waals surface area contributed by atoms with Gasteiger partial charge in [0.1, 0.15) is 0 Å². The normalized spacial score (nSPS) is 16.8. The molecule has 0 aromatic rings. The van der Waals surface area contributed by atoms with Crippen molar-refractivity contribution in [3.05, 3.63) is 0 Å². The van der Waals surface area contributed by atoms with Gasteiger partial charge in [-0.05, 0) is 13.5 Å². The molecular formula is C7H17NO2. The summed E-state index contributed by atoms with van der Waals surface area (Å²) in [5, 5.41) is 12.2. The number of rotatable bonds is 5. The Balaban J connectivity index is 3.50. The molecule has 0 aliphatic carbocycles. The number of hydrogen-bond acceptors (Lipinski definition) is 3. The quantitative estimate of drug-likeness (QED) is 0.575. The van der Waals surface area contributed by atoms with Gasteiger partial charge >= 0.3 is 0 Å². The molecule has 0 saturated carbocycles. The van der Waals surface area contributed by atoms with E-state index in [0.29, 0.717) is 6.61 Å². The smallest absolute Gasteiger partial charge is 0.0687 e. The summed E-state index contributed by atoms with van der Waals surface area (Å²) in [6.45, 7) is 5.18. The number of ether oxygens (including phenoxy) is 1. The first kappa shape index (κ1) is 9.88. The van der Waals surface area contributed by atoms with Crippen molar-refractivity contribution in [3.63, 3.8) is 0 Å². The maximum absolute atomic E-state index is 9.13. The summed E-state index contributed by atoms with van der Waals surface area (Å²) in [7, 11) is 1.63. The van der Waals surface area contributed by atoms with Crippen molar-refractivity contribution in [2.24, 2.45) is 0 Å². The van der Waals surface area contributed by atoms with Crippen LogP contribution in [-0.2, 0) is 4.74 Å². The van der Waals surface area contributed by atoms with Crippen molar-refractivity contribution in [1.29, 1.82) is 0 Å². The molecule has 0 heterocycles. The molecule has 0 radical (unpaired) electrons. The monoisotopic (exact) mass is 147 g/mol. The second kappa shape index (κ2) is 5.65. The second-order valence-corrected chi connectivity index (χ2v) is 2.36. The average molecular weight is 147 g/mol. The summed E-state index contributed by atoms with van der Waals surface area (Å²) in [6, 6.07) is 0.0648. The lowest BCUT2D eigenvalue weighted by molar-refractivity contribution is 0.0818. The molecule has 0 saturated heterocycles. The van der Waals surface area contributed by atoms with Crippen molar-refractivity contribution in [2.75, 3.05) is 20.3 Å². The SMILES string of the molecule is CCNC(COC)C(C)O. The third-order valence-corrected chi connectivity index (χ3v) is 1.39. The molecule has 2 N–H and O–H groups in total. The predicted molar refractivity (Wildman–Crippen MR) is 41.0 cm³/mol. The largest absolute Gasteiger partial charge is 0.392 e. The van der Waals surface area contributed by atoms with Crippen molar-refractivity contribution in [1.82, 2.24) is 5.32 Å². The summed E-state index contributed by atoms with van der Waals surface area (Å²) in [5.41, 5.74) is 0. The zero-order valence-electron chi connectivity index (χ0n) is 6.92. The van der Waals surface area contributed by atoms with E-state index < -0.39 is 0 Å². The van der Waals surface area contributed by atoms with Crippen molar-refractivity contribution < 1.29 is 9.84 Å². The van der Waals surface area contributed by atoms with E-state index in [9.17, 15) is 0 Å². The molecule has 0 spiro atoms. The Morgan fingerprint density at radius 2 is 2.20 bits per heavy atom. The fourth-order valence-corrected chi connectivity index (χ4v) is 0.810. The molecule has 2 atom stereocenters. The van der Waals surface area contributed by atoms with Crippen LogP contribution in [0.2, 0.25) is 0 Å². The van der Waals surface area contributed by atoms with Crippen LogP contribution < -0.4 is 5.32 Å². The highest BCUT2D eigenvalue weighted by atomic mass is 16.5. The first-order chi connectivity index (χ1) is 4.72. The summed E-state index contributed by atoms with van der Waals surface area (Å²) < 4.78 is 4.90. The predicted octanol–water partition coefficient (Wildman–Crippen LogP) is -0.00830. The molecule has 0 bridgehead atoms. The Morgan fingerprint density at radius 1 is 1.60 bits per heavy atom. The van der Waals surface area contributed by atoms with E-state index in [1.54, 1.807) is 14.0 Å². The van der Waals surface area contributed by atoms with E-state index in [2.05, 4.69) is 5.32 Å². The lowest BCUT2D eigenvalue weighted by Crippen LogP contribution is -2.41. The molecule has 2 unspecified atom stereocenters. The number of likely N-dealkylation sites (N-methyl/N-ethyl adjacent to an activating group) is 1. The van der Waals surface area contributed by atoms with Crippen molar-refractivity contribution in [3.8, 4) is 0 Å². The van der Waals surface area contributed by atoms with Crippen LogP contribution >= 0.6 is 0 Å². The molecule has 0 aromatic heterocycles. The van der Waals surface area contributed by atoms with Crippen LogP contribution in [0, 0.1) is 0 Å². The van der Waals surface area contributed by atoms with Gasteiger partial charge < -0.3 is 15.2 Å². The molecule has 62 valence electrons. The lowest BCUT2D eigenvalue weighted by Gasteiger charge is -2.19. The summed E-state index contributed by atoms with van der Waals surface area (Å²) in [5.74, 6) is 0. The molecule has 0 aromatic carbocycles. The molecule has 10 heavy (non-hydrogen) atoms. The molecule has 3 nitrogen and oxygen atoms in total. The van der Waals surface area contributed by atoms with E-state index in [4.69, 9.17) is 9.84 Å². The second-order valence-electron chi connectivity index (χ2n) is 2.36. The van der Waals surface area contributed by atoms with E-state index >= 15 is 0 Å². The minimum absolute atomic E-state index is 0.0648. The molecule has 3 heteroatoms. The third-order valence-electron chi connectivity index (χ3n) is 1.39. The summed E-state index contributed by atoms with van der Waals surface area (Å²) in [4.78, 5) is 0. The fraction of sp³-hybridized carbons (Fsp3) is 1.00. The Hall–Kier alpha value is -0.120. The van der Waals surface area contributed by atoms with Gasteiger partial charge in [0.25, 0.3) is 0 Å². The average Bonchev–Trinajstić information content (AvgIpc) is 1.87. The van der Waals surface area contributed by atoms with Crippen LogP contribution in [0.15, 0.2) is 0 Å². The van der Waals surface area contributed by atoms with Gasteiger partial charge in [-0.3, -0.25) is 0 Å². The standard InChI is InChI=1S/C7H17NO2/c1-4-8-7(5-10-3)6(2)9/h6-9H,4-5H2,1-3H3. The number of nitrogens with one attached hydrogen (secondary N) is 1. The first-order valence-corrected chi connectivity index (χ1v) is 3.62. The zero-order valence-corrected chi connectivity index (χ0v) is 6.92. The highest BCUT2D eigenvalue weighted by molar-refractivity contribution is 4.70. The van der Waals surface area contributed by atoms with Crippen LogP contribution in [0.3, 0.4) is 0 Å². The van der Waals surface area contributed by atoms with Crippen LogP contribution in [-0.4, -0.2) is 37.5 Å². The van der Waals surface area contributed by atoms with Crippen LogP contribution in [0.4, 0.5) is 0 Å². The summed E-state index contributed by atoms with van der Waals surface area (Å²) >= 11 is 0. The Kier molecular flexibility index (Phi) is 5.58. The highest BCUT2D eigenvalue weighted by Gasteiger charge is 2.11. The minimum Gasteiger partial charge on any atom is -0.392 e. The lowest BCUT2D eigenvalue weighted by atomic mass is 10.2. The van der Waals surface area contributed by atoms with Crippen LogP contribution in [0.5, 0.6) is 0 Å². The summed E-state index contributed by atoms with van der Waals surface area (Å²) in [6.07, 6.45) is -0.347. The number of aliphatic hydroxyl groups is 1. The molecule has 0 fully saturated rings. The topological polar surface area (TPSA) is 41.5 Å². The highest BCUT2D eigenvalue weighted by Crippen LogP contribution is 1.91. The van der Waals surface area contributed by atoms with E-state index in [1.165, 1.54) is 0 Å². The van der Waals surface area contributed by atoms with Gasteiger partial charge in [0.05, 0.1) is 18.8 Å². The van der Waals surface area contributed by atoms with Crippen LogP contribution in [0.1, 0.15) is 13.8 Å². The number of methoxy groups -OCH3 is 1. The third kappa shape index (κ3) is 3.82. The molecule has 0 aliphatic heterocycles. The number of hydrogen-bond donors (Lipinski definition) is 2. The maximum atomic E-state index is 9.13. The fourth-order valence-electron chi connectivity index (χ4n) is 0.810. The first-order valence-electron chi connectivity index (χ1n) is 3.62. The van der Waals surface area contributed by atoms with Gasteiger partial charge in [0, 0.05) is 7.11 Å².